The van der Waals surface area contributed by atoms with Crippen molar-refractivity contribution in [2.75, 3.05) is 5.32 Å². The zero-order valence-corrected chi connectivity index (χ0v) is 16.3. The number of rotatable bonds is 7. The molecule has 0 spiro atoms. The van der Waals surface area contributed by atoms with Crippen LogP contribution in [0.15, 0.2) is 47.2 Å². The Hall–Kier alpha value is -2.65. The smallest absolute Gasteiger partial charge is 0.305 e. The molecule has 2 heterocycles. The number of anilines is 1. The Bertz CT molecular complexity index is 985. The van der Waals surface area contributed by atoms with E-state index in [1.807, 2.05) is 18.2 Å². The number of carboxylic acid groups (broad SMARTS) is 1. The molecule has 0 aliphatic rings. The van der Waals surface area contributed by atoms with Crippen molar-refractivity contribution in [3.05, 3.63) is 63.5 Å². The number of hydrogen-bond donors (Lipinski definition) is 2. The molecule has 0 aliphatic heterocycles. The number of aliphatic carboxylic acids is 1. The van der Waals surface area contributed by atoms with Gasteiger partial charge in [-0.25, -0.2) is 0 Å². The van der Waals surface area contributed by atoms with Gasteiger partial charge in [-0.15, -0.1) is 0 Å². The van der Waals surface area contributed by atoms with Crippen LogP contribution in [-0.2, 0) is 17.9 Å². The zero-order valence-electron chi connectivity index (χ0n) is 14.0. The molecule has 1 amide bonds. The fraction of sp³-hybridized carbons (Fsp3) is 0.176. The number of aromatic nitrogens is 4. The van der Waals surface area contributed by atoms with Crippen LogP contribution >= 0.6 is 27.5 Å². The summed E-state index contributed by atoms with van der Waals surface area (Å²) in [7, 11) is 0. The average Bonchev–Trinajstić information content (AvgIpc) is 3.22. The van der Waals surface area contributed by atoms with Gasteiger partial charge in [0.15, 0.2) is 5.82 Å². The molecular weight excluding hydrogens is 438 g/mol. The Morgan fingerprint density at radius 2 is 2.04 bits per heavy atom. The normalized spacial score (nSPS) is 10.7. The number of hydrogen-bond acceptors (Lipinski definition) is 4. The van der Waals surface area contributed by atoms with Gasteiger partial charge in [-0.05, 0) is 33.6 Å². The third-order valence-corrected chi connectivity index (χ3v) is 4.67. The lowest BCUT2D eigenvalue weighted by Crippen LogP contribution is -2.19. The molecule has 0 saturated carbocycles. The Labute approximate surface area is 167 Å². The molecule has 3 aromatic rings. The fourth-order valence-corrected chi connectivity index (χ4v) is 3.05. The van der Waals surface area contributed by atoms with E-state index in [-0.39, 0.29) is 18.7 Å². The van der Waals surface area contributed by atoms with E-state index in [0.717, 1.165) is 5.56 Å². The molecule has 3 rings (SSSR count). The second kappa shape index (κ2) is 8.36. The van der Waals surface area contributed by atoms with Gasteiger partial charge >= 0.3 is 5.97 Å². The predicted octanol–water partition coefficient (Wildman–Crippen LogP) is 3.27. The third-order valence-electron chi connectivity index (χ3n) is 3.73. The van der Waals surface area contributed by atoms with Gasteiger partial charge < -0.3 is 10.4 Å². The first-order valence-corrected chi connectivity index (χ1v) is 9.12. The molecule has 10 heteroatoms. The number of carbonyl (C=O) groups is 2. The van der Waals surface area contributed by atoms with Crippen molar-refractivity contribution in [1.29, 1.82) is 0 Å². The van der Waals surface area contributed by atoms with Crippen molar-refractivity contribution >= 4 is 45.2 Å². The summed E-state index contributed by atoms with van der Waals surface area (Å²) < 4.78 is 3.61. The van der Waals surface area contributed by atoms with Crippen LogP contribution in [0.4, 0.5) is 5.82 Å². The highest BCUT2D eigenvalue weighted by molar-refractivity contribution is 9.10. The molecule has 0 atom stereocenters. The maximum Gasteiger partial charge on any atom is 0.305 e. The lowest BCUT2D eigenvalue weighted by molar-refractivity contribution is -0.137. The minimum absolute atomic E-state index is 0.104. The molecule has 1 aromatic carbocycles. The van der Waals surface area contributed by atoms with Gasteiger partial charge in [0.25, 0.3) is 5.91 Å². The van der Waals surface area contributed by atoms with E-state index in [1.54, 1.807) is 16.9 Å². The SMILES string of the molecule is O=C(O)CCn1nccc1C(=O)Nc1nn(Cc2ccccc2Cl)cc1Br. The Balaban J connectivity index is 1.72. The van der Waals surface area contributed by atoms with E-state index < -0.39 is 11.9 Å². The van der Waals surface area contributed by atoms with Crippen LogP contribution in [0.5, 0.6) is 0 Å². The van der Waals surface area contributed by atoms with Gasteiger partial charge in [0, 0.05) is 17.4 Å². The molecule has 0 fully saturated rings. The fourth-order valence-electron chi connectivity index (χ4n) is 2.44. The van der Waals surface area contributed by atoms with Crippen molar-refractivity contribution < 1.29 is 14.7 Å². The first-order chi connectivity index (χ1) is 12.9. The third kappa shape index (κ3) is 4.75. The molecule has 0 unspecified atom stereocenters. The summed E-state index contributed by atoms with van der Waals surface area (Å²) in [5.41, 5.74) is 1.16. The highest BCUT2D eigenvalue weighted by Crippen LogP contribution is 2.23. The van der Waals surface area contributed by atoms with E-state index in [4.69, 9.17) is 16.7 Å². The number of nitrogens with one attached hydrogen (secondary N) is 1. The number of halogens is 2. The lowest BCUT2D eigenvalue weighted by atomic mass is 10.2. The summed E-state index contributed by atoms with van der Waals surface area (Å²) in [5, 5.41) is 20.5. The van der Waals surface area contributed by atoms with E-state index in [1.165, 1.54) is 16.9 Å². The molecule has 140 valence electrons. The van der Waals surface area contributed by atoms with Gasteiger partial charge in [-0.3, -0.25) is 19.0 Å². The van der Waals surface area contributed by atoms with Crippen LogP contribution in [0, 0.1) is 0 Å². The van der Waals surface area contributed by atoms with Crippen molar-refractivity contribution in [1.82, 2.24) is 19.6 Å². The summed E-state index contributed by atoms with van der Waals surface area (Å²) in [4.78, 5) is 23.2. The van der Waals surface area contributed by atoms with Gasteiger partial charge in [0.05, 0.1) is 24.0 Å². The van der Waals surface area contributed by atoms with Gasteiger partial charge in [-0.1, -0.05) is 29.8 Å². The number of benzene rings is 1. The minimum atomic E-state index is -0.960. The standard InChI is InChI=1S/C17H15BrClN5O3/c18-12-10-23(9-11-3-1-2-4-13(11)19)22-16(12)21-17(27)14-5-7-20-24(14)8-6-15(25)26/h1-5,7,10H,6,8-9H2,(H,25,26)(H,21,22,27). The van der Waals surface area contributed by atoms with E-state index >= 15 is 0 Å². The van der Waals surface area contributed by atoms with Gasteiger partial charge in [0.2, 0.25) is 0 Å². The quantitative estimate of drug-likeness (QED) is 0.573. The molecule has 27 heavy (non-hydrogen) atoms. The summed E-state index contributed by atoms with van der Waals surface area (Å²) in [6.07, 6.45) is 3.06. The van der Waals surface area contributed by atoms with E-state index in [0.29, 0.717) is 21.9 Å². The Morgan fingerprint density at radius 3 is 2.78 bits per heavy atom. The van der Waals surface area contributed by atoms with E-state index in [9.17, 15) is 9.59 Å². The number of carbonyl (C=O) groups excluding carboxylic acids is 1. The number of amides is 1. The highest BCUT2D eigenvalue weighted by atomic mass is 79.9. The second-order valence-corrected chi connectivity index (χ2v) is 6.91. The van der Waals surface area contributed by atoms with Crippen LogP contribution in [0.25, 0.3) is 0 Å². The molecule has 0 saturated heterocycles. The van der Waals surface area contributed by atoms with Crippen LogP contribution in [-0.4, -0.2) is 36.5 Å². The molecule has 0 bridgehead atoms. The Kier molecular flexibility index (Phi) is 5.92. The van der Waals surface area contributed by atoms with Crippen LogP contribution < -0.4 is 5.32 Å². The van der Waals surface area contributed by atoms with Crippen molar-refractivity contribution in [2.45, 2.75) is 19.5 Å². The summed E-state index contributed by atoms with van der Waals surface area (Å²) in [6.45, 7) is 0.553. The lowest BCUT2D eigenvalue weighted by Gasteiger charge is -2.06. The highest BCUT2D eigenvalue weighted by Gasteiger charge is 2.16. The van der Waals surface area contributed by atoms with Crippen LogP contribution in [0.2, 0.25) is 5.02 Å². The number of aryl methyl sites for hydroxylation is 1. The topological polar surface area (TPSA) is 102 Å². The van der Waals surface area contributed by atoms with E-state index in [2.05, 4.69) is 31.4 Å². The number of nitrogens with zero attached hydrogens (tertiary/aromatic N) is 4. The van der Waals surface area contributed by atoms with Crippen molar-refractivity contribution in [3.8, 4) is 0 Å². The molecule has 2 N–H and O–H groups in total. The van der Waals surface area contributed by atoms with Crippen LogP contribution in [0.3, 0.4) is 0 Å². The largest absolute Gasteiger partial charge is 0.481 e. The second-order valence-electron chi connectivity index (χ2n) is 5.65. The number of carboxylic acids is 1. The van der Waals surface area contributed by atoms with Gasteiger partial charge in [0.1, 0.15) is 5.69 Å². The van der Waals surface area contributed by atoms with Crippen molar-refractivity contribution in [3.63, 3.8) is 0 Å². The summed E-state index contributed by atoms with van der Waals surface area (Å²) in [5.74, 6) is -1.04. The predicted molar refractivity (Wildman–Crippen MR) is 103 cm³/mol. The first kappa shape index (κ1) is 19.1. The maximum absolute atomic E-state index is 12.5. The van der Waals surface area contributed by atoms with Gasteiger partial charge in [-0.2, -0.15) is 10.2 Å². The zero-order chi connectivity index (χ0) is 19.4. The van der Waals surface area contributed by atoms with Crippen molar-refractivity contribution in [2.24, 2.45) is 0 Å². The minimum Gasteiger partial charge on any atom is -0.481 e. The monoisotopic (exact) mass is 451 g/mol. The average molecular weight is 453 g/mol. The molecule has 0 aliphatic carbocycles. The summed E-state index contributed by atoms with van der Waals surface area (Å²) >= 11 is 9.55. The molecule has 2 aromatic heterocycles. The maximum atomic E-state index is 12.5. The van der Waals surface area contributed by atoms with Crippen LogP contribution in [0.1, 0.15) is 22.5 Å². The first-order valence-electron chi connectivity index (χ1n) is 7.95. The Morgan fingerprint density at radius 1 is 1.26 bits per heavy atom. The molecular formula is C17H15BrClN5O3. The summed E-state index contributed by atoms with van der Waals surface area (Å²) in [6, 6.07) is 8.96. The molecule has 0 radical (unpaired) electrons. The molecule has 8 nitrogen and oxygen atoms in total.